The Morgan fingerprint density at radius 2 is 2.08 bits per heavy atom. The summed E-state index contributed by atoms with van der Waals surface area (Å²) in [5.41, 5.74) is 7.08. The number of ether oxygens (including phenoxy) is 1. The van der Waals surface area contributed by atoms with Gasteiger partial charge in [-0.2, -0.15) is 5.10 Å². The number of hydrogen-bond acceptors (Lipinski definition) is 7. The third-order valence-electron chi connectivity index (χ3n) is 8.71. The van der Waals surface area contributed by atoms with E-state index in [9.17, 15) is 0 Å². The van der Waals surface area contributed by atoms with Crippen molar-refractivity contribution in [2.45, 2.75) is 12.5 Å². The van der Waals surface area contributed by atoms with Gasteiger partial charge in [0.2, 0.25) is 0 Å². The molecule has 9 nitrogen and oxygen atoms in total. The van der Waals surface area contributed by atoms with Crippen LogP contribution in [0.15, 0.2) is 85.1 Å². The Labute approximate surface area is 230 Å². The zero-order valence-electron chi connectivity index (χ0n) is 21.9. The van der Waals surface area contributed by atoms with Gasteiger partial charge in [0, 0.05) is 66.6 Å². The Bertz CT molecular complexity index is 1850. The van der Waals surface area contributed by atoms with Crippen molar-refractivity contribution in [3.8, 4) is 17.0 Å². The number of aromatic amines is 1. The lowest BCUT2D eigenvalue weighted by molar-refractivity contribution is 0.194. The number of allylic oxidation sites excluding steroid dienone is 3. The topological polar surface area (TPSA) is 86.6 Å². The molecule has 0 bridgehead atoms. The van der Waals surface area contributed by atoms with Crippen LogP contribution in [0.4, 0.5) is 17.2 Å². The molecule has 2 aliphatic carbocycles. The first-order valence-corrected chi connectivity index (χ1v) is 14.0. The lowest BCUT2D eigenvalue weighted by Crippen LogP contribution is -2.56. The number of nitrogens with zero attached hydrogens (tertiary/aromatic N) is 6. The summed E-state index contributed by atoms with van der Waals surface area (Å²) in [6, 6.07) is 12.9. The zero-order chi connectivity index (χ0) is 26.2. The van der Waals surface area contributed by atoms with E-state index < -0.39 is 0 Å². The van der Waals surface area contributed by atoms with Crippen molar-refractivity contribution in [3.63, 3.8) is 0 Å². The van der Waals surface area contributed by atoms with Crippen LogP contribution in [0.1, 0.15) is 6.42 Å². The van der Waals surface area contributed by atoms with E-state index in [-0.39, 0.29) is 0 Å². The number of piperazine rings is 1. The Hall–Kier alpha value is -4.79. The fraction of sp³-hybridized carbons (Fsp3) is 0.258. The molecular formula is C31H28N8O. The summed E-state index contributed by atoms with van der Waals surface area (Å²) in [6.45, 7) is 3.70. The third-order valence-corrected chi connectivity index (χ3v) is 8.71. The van der Waals surface area contributed by atoms with Crippen LogP contribution in [0, 0.1) is 11.8 Å². The molecule has 2 fully saturated rings. The molecule has 9 heteroatoms. The minimum Gasteiger partial charge on any atom is -0.489 e. The van der Waals surface area contributed by atoms with E-state index in [0.29, 0.717) is 18.5 Å². The van der Waals surface area contributed by atoms with Crippen molar-refractivity contribution >= 4 is 33.7 Å². The normalized spacial score (nSPS) is 22.9. The molecule has 1 saturated carbocycles. The van der Waals surface area contributed by atoms with Crippen molar-refractivity contribution in [3.05, 3.63) is 85.1 Å². The summed E-state index contributed by atoms with van der Waals surface area (Å²) in [5.74, 6) is 3.17. The number of hydrogen-bond donors (Lipinski definition) is 2. The van der Waals surface area contributed by atoms with Crippen molar-refractivity contribution in [2.75, 3.05) is 36.5 Å². The average Bonchev–Trinajstić information content (AvgIpc) is 3.34. The van der Waals surface area contributed by atoms with E-state index in [2.05, 4.69) is 84.9 Å². The van der Waals surface area contributed by atoms with Gasteiger partial charge in [0.1, 0.15) is 12.4 Å². The number of benzene rings is 2. The van der Waals surface area contributed by atoms with Crippen LogP contribution < -0.4 is 15.0 Å². The van der Waals surface area contributed by atoms with Crippen LogP contribution in [0.25, 0.3) is 27.8 Å². The number of imidazole rings is 1. The summed E-state index contributed by atoms with van der Waals surface area (Å²) >= 11 is 0. The molecule has 5 heterocycles. The standard InChI is InChI=1S/C31H28N8O/c1-2-21-15-33-36-26(21)13-20(1)27-17-38-8-7-32-31(38)30(35-27)34-23-4-6-28-29(14-23)40-18-25-16-37(9-10-39(25)28)24-5-3-19-11-22(19)12-24/h1-8,12-15,17,19,22,25H,9-11,16,18H2,(H,33,36)(H,34,35). The second-order valence-electron chi connectivity index (χ2n) is 11.2. The summed E-state index contributed by atoms with van der Waals surface area (Å²) in [7, 11) is 0. The Morgan fingerprint density at radius 3 is 3.05 bits per heavy atom. The largest absolute Gasteiger partial charge is 0.489 e. The molecule has 0 amide bonds. The van der Waals surface area contributed by atoms with E-state index >= 15 is 0 Å². The van der Waals surface area contributed by atoms with E-state index in [1.807, 2.05) is 23.0 Å². The van der Waals surface area contributed by atoms with Crippen LogP contribution in [-0.2, 0) is 0 Å². The van der Waals surface area contributed by atoms with Gasteiger partial charge in [0.05, 0.1) is 29.1 Å². The van der Waals surface area contributed by atoms with Gasteiger partial charge in [-0.25, -0.2) is 9.97 Å². The fourth-order valence-corrected chi connectivity index (χ4v) is 6.42. The van der Waals surface area contributed by atoms with Crippen molar-refractivity contribution in [2.24, 2.45) is 11.8 Å². The fourth-order valence-electron chi connectivity index (χ4n) is 6.42. The van der Waals surface area contributed by atoms with Crippen LogP contribution in [0.3, 0.4) is 0 Å². The molecule has 5 aromatic rings. The second kappa shape index (κ2) is 8.35. The summed E-state index contributed by atoms with van der Waals surface area (Å²) in [4.78, 5) is 14.6. The molecule has 2 N–H and O–H groups in total. The number of H-pyrrole nitrogens is 1. The quantitative estimate of drug-likeness (QED) is 0.340. The van der Waals surface area contributed by atoms with Crippen LogP contribution in [-0.4, -0.2) is 61.7 Å². The monoisotopic (exact) mass is 528 g/mol. The second-order valence-corrected chi connectivity index (χ2v) is 11.2. The van der Waals surface area contributed by atoms with Gasteiger partial charge >= 0.3 is 0 Å². The molecular weight excluding hydrogens is 500 g/mol. The van der Waals surface area contributed by atoms with Crippen molar-refractivity contribution in [1.29, 1.82) is 0 Å². The van der Waals surface area contributed by atoms with Crippen molar-refractivity contribution in [1.82, 2.24) is 29.5 Å². The van der Waals surface area contributed by atoms with E-state index in [4.69, 9.17) is 9.72 Å². The van der Waals surface area contributed by atoms with E-state index in [0.717, 1.165) is 76.4 Å². The summed E-state index contributed by atoms with van der Waals surface area (Å²) in [6.07, 6.45) is 16.1. The Kier molecular flexibility index (Phi) is 4.61. The highest BCUT2D eigenvalue weighted by atomic mass is 16.5. The molecule has 9 rings (SSSR count). The number of anilines is 3. The predicted molar refractivity (Wildman–Crippen MR) is 155 cm³/mol. The maximum absolute atomic E-state index is 6.34. The Balaban J connectivity index is 0.987. The lowest BCUT2D eigenvalue weighted by atomic mass is 10.1. The minimum atomic E-state index is 0.349. The van der Waals surface area contributed by atoms with Crippen molar-refractivity contribution < 1.29 is 4.74 Å². The molecule has 198 valence electrons. The molecule has 3 unspecified atom stereocenters. The molecule has 2 aliphatic heterocycles. The molecule has 40 heavy (non-hydrogen) atoms. The highest BCUT2D eigenvalue weighted by Crippen LogP contribution is 2.45. The van der Waals surface area contributed by atoms with Gasteiger partial charge in [0.25, 0.3) is 0 Å². The Morgan fingerprint density at radius 1 is 1.07 bits per heavy atom. The highest BCUT2D eigenvalue weighted by molar-refractivity contribution is 5.84. The molecule has 2 aromatic carbocycles. The zero-order valence-corrected chi connectivity index (χ0v) is 21.9. The van der Waals surface area contributed by atoms with Crippen LogP contribution in [0.2, 0.25) is 0 Å². The molecule has 3 atom stereocenters. The van der Waals surface area contributed by atoms with Gasteiger partial charge in [-0.15, -0.1) is 0 Å². The number of fused-ring (bicyclic) bond motifs is 6. The first kappa shape index (κ1) is 22.1. The first-order chi connectivity index (χ1) is 19.7. The van der Waals surface area contributed by atoms with Gasteiger partial charge in [-0.1, -0.05) is 24.3 Å². The third kappa shape index (κ3) is 3.57. The summed E-state index contributed by atoms with van der Waals surface area (Å²) < 4.78 is 8.34. The van der Waals surface area contributed by atoms with Gasteiger partial charge in [-0.05, 0) is 42.5 Å². The highest BCUT2D eigenvalue weighted by Gasteiger charge is 2.38. The molecule has 3 aromatic heterocycles. The predicted octanol–water partition coefficient (Wildman–Crippen LogP) is 4.99. The molecule has 1 saturated heterocycles. The maximum atomic E-state index is 6.34. The molecule has 0 radical (unpaired) electrons. The van der Waals surface area contributed by atoms with Gasteiger partial charge in [0.15, 0.2) is 11.5 Å². The number of rotatable bonds is 4. The smallest absolute Gasteiger partial charge is 0.180 e. The number of aromatic nitrogens is 5. The minimum absolute atomic E-state index is 0.349. The van der Waals surface area contributed by atoms with Gasteiger partial charge in [-0.3, -0.25) is 5.10 Å². The van der Waals surface area contributed by atoms with Crippen LogP contribution in [0.5, 0.6) is 5.75 Å². The summed E-state index contributed by atoms with van der Waals surface area (Å²) in [5, 5.41) is 11.8. The first-order valence-electron chi connectivity index (χ1n) is 14.0. The molecule has 4 aliphatic rings. The van der Waals surface area contributed by atoms with Crippen LogP contribution >= 0.6 is 0 Å². The average molecular weight is 529 g/mol. The van der Waals surface area contributed by atoms with E-state index in [1.54, 1.807) is 6.20 Å². The maximum Gasteiger partial charge on any atom is 0.180 e. The number of nitrogens with one attached hydrogen (secondary N) is 2. The SMILES string of the molecule is C1=CC2CC2C=C1N1CCN2c3ccc(Nc4nc(-c5ccc6cn[nH]c6c5)cn5ccnc45)cc3OCC2C1. The van der Waals surface area contributed by atoms with Gasteiger partial charge < -0.3 is 24.3 Å². The molecule has 0 spiro atoms. The lowest BCUT2D eigenvalue weighted by Gasteiger charge is -2.46. The van der Waals surface area contributed by atoms with E-state index in [1.165, 1.54) is 12.1 Å².